The Morgan fingerprint density at radius 1 is 1.07 bits per heavy atom. The zero-order valence-electron chi connectivity index (χ0n) is 10.6. The molecule has 0 fully saturated rings. The molecule has 0 heterocycles. The zero-order chi connectivity index (χ0) is 11.6. The van der Waals surface area contributed by atoms with E-state index in [-0.39, 0.29) is 5.41 Å². The van der Waals surface area contributed by atoms with E-state index in [1.54, 1.807) is 0 Å². The summed E-state index contributed by atoms with van der Waals surface area (Å²) in [7, 11) is 0. The quantitative estimate of drug-likeness (QED) is 0.410. The fourth-order valence-corrected chi connectivity index (χ4v) is 1.35. The van der Waals surface area contributed by atoms with Crippen LogP contribution in [0.2, 0.25) is 0 Å². The molecule has 0 aromatic heterocycles. The van der Waals surface area contributed by atoms with E-state index in [4.69, 9.17) is 4.74 Å². The van der Waals surface area contributed by atoms with Gasteiger partial charge in [0.2, 0.25) is 0 Å². The van der Waals surface area contributed by atoms with E-state index in [1.165, 1.54) is 32.1 Å². The van der Waals surface area contributed by atoms with E-state index in [0.717, 1.165) is 19.3 Å². The lowest BCUT2D eigenvalue weighted by atomic mass is 9.98. The highest BCUT2D eigenvalue weighted by Gasteiger charge is 2.15. The first kappa shape index (κ1) is 14.6. The minimum Gasteiger partial charge on any atom is -0.380 e. The number of aldehydes is 1. The standard InChI is InChI=1S/C13H26O2/c1-4-5-6-7-8-9-10-15-12-13(2,3)11-14/h11H,4-10,12H2,1-3H3. The Bertz CT molecular complexity index is 153. The Labute approximate surface area is 94.4 Å². The summed E-state index contributed by atoms with van der Waals surface area (Å²) < 4.78 is 5.46. The number of hydrogen-bond donors (Lipinski definition) is 0. The number of carbonyl (C=O) groups is 1. The summed E-state index contributed by atoms with van der Waals surface area (Å²) in [5, 5.41) is 0. The highest BCUT2D eigenvalue weighted by molar-refractivity contribution is 5.57. The van der Waals surface area contributed by atoms with Crippen molar-refractivity contribution < 1.29 is 9.53 Å². The van der Waals surface area contributed by atoms with Crippen molar-refractivity contribution in [3.8, 4) is 0 Å². The van der Waals surface area contributed by atoms with Crippen LogP contribution < -0.4 is 0 Å². The van der Waals surface area contributed by atoms with E-state index in [9.17, 15) is 4.79 Å². The fourth-order valence-electron chi connectivity index (χ4n) is 1.35. The molecular formula is C13H26O2. The summed E-state index contributed by atoms with van der Waals surface area (Å²) in [4.78, 5) is 10.6. The average Bonchev–Trinajstić information content (AvgIpc) is 2.22. The number of unbranched alkanes of at least 4 members (excludes halogenated alkanes) is 5. The Balaban J connectivity index is 3.15. The lowest BCUT2D eigenvalue weighted by Gasteiger charge is -2.16. The number of hydrogen-bond acceptors (Lipinski definition) is 2. The molecule has 0 saturated heterocycles. The molecule has 0 aliphatic heterocycles. The average molecular weight is 214 g/mol. The van der Waals surface area contributed by atoms with Gasteiger partial charge in [-0.05, 0) is 6.42 Å². The van der Waals surface area contributed by atoms with Crippen LogP contribution in [0, 0.1) is 5.41 Å². The normalized spacial score (nSPS) is 11.7. The second-order valence-electron chi connectivity index (χ2n) is 4.93. The van der Waals surface area contributed by atoms with E-state index in [1.807, 2.05) is 13.8 Å². The molecule has 0 unspecified atom stereocenters. The molecule has 0 atom stereocenters. The van der Waals surface area contributed by atoms with Crippen LogP contribution >= 0.6 is 0 Å². The lowest BCUT2D eigenvalue weighted by Crippen LogP contribution is -2.21. The van der Waals surface area contributed by atoms with Crippen molar-refractivity contribution in [3.63, 3.8) is 0 Å². The van der Waals surface area contributed by atoms with Gasteiger partial charge in [0.15, 0.2) is 0 Å². The first-order valence-corrected chi connectivity index (χ1v) is 6.16. The summed E-state index contributed by atoms with van der Waals surface area (Å²) in [5.41, 5.74) is -0.317. The van der Waals surface area contributed by atoms with E-state index < -0.39 is 0 Å². The molecule has 0 radical (unpaired) electrons. The molecule has 90 valence electrons. The molecule has 0 aromatic rings. The second kappa shape index (κ2) is 8.90. The molecule has 0 aliphatic rings. The zero-order valence-corrected chi connectivity index (χ0v) is 10.6. The van der Waals surface area contributed by atoms with Crippen LogP contribution in [0.4, 0.5) is 0 Å². The van der Waals surface area contributed by atoms with Gasteiger partial charge in [-0.1, -0.05) is 52.9 Å². The molecule has 0 spiro atoms. The van der Waals surface area contributed by atoms with Gasteiger partial charge in [0.25, 0.3) is 0 Å². The Hall–Kier alpha value is -0.370. The van der Waals surface area contributed by atoms with Crippen LogP contribution in [0.1, 0.15) is 59.3 Å². The van der Waals surface area contributed by atoms with Crippen molar-refractivity contribution in [1.82, 2.24) is 0 Å². The summed E-state index contributed by atoms with van der Waals surface area (Å²) in [5.74, 6) is 0. The van der Waals surface area contributed by atoms with E-state index in [0.29, 0.717) is 6.61 Å². The van der Waals surface area contributed by atoms with Crippen LogP contribution in [0.5, 0.6) is 0 Å². The van der Waals surface area contributed by atoms with Crippen molar-refractivity contribution in [2.75, 3.05) is 13.2 Å². The van der Waals surface area contributed by atoms with Crippen molar-refractivity contribution in [1.29, 1.82) is 0 Å². The van der Waals surface area contributed by atoms with Crippen LogP contribution in [0.3, 0.4) is 0 Å². The van der Waals surface area contributed by atoms with Gasteiger partial charge in [0.1, 0.15) is 6.29 Å². The van der Waals surface area contributed by atoms with Gasteiger partial charge in [-0.2, -0.15) is 0 Å². The maximum Gasteiger partial charge on any atom is 0.127 e. The smallest absolute Gasteiger partial charge is 0.127 e. The van der Waals surface area contributed by atoms with Gasteiger partial charge in [0.05, 0.1) is 6.61 Å². The van der Waals surface area contributed by atoms with Gasteiger partial charge in [-0.15, -0.1) is 0 Å². The molecule has 0 aliphatic carbocycles. The summed E-state index contributed by atoms with van der Waals surface area (Å²) in [6, 6.07) is 0. The van der Waals surface area contributed by atoms with Crippen molar-refractivity contribution in [3.05, 3.63) is 0 Å². The Morgan fingerprint density at radius 2 is 1.67 bits per heavy atom. The predicted octanol–water partition coefficient (Wildman–Crippen LogP) is 3.59. The Morgan fingerprint density at radius 3 is 2.27 bits per heavy atom. The van der Waals surface area contributed by atoms with Crippen LogP contribution in [-0.2, 0) is 9.53 Å². The molecule has 0 bridgehead atoms. The van der Waals surface area contributed by atoms with Crippen molar-refractivity contribution in [2.45, 2.75) is 59.3 Å². The molecule has 2 nitrogen and oxygen atoms in total. The largest absolute Gasteiger partial charge is 0.380 e. The topological polar surface area (TPSA) is 26.3 Å². The molecule has 0 N–H and O–H groups in total. The van der Waals surface area contributed by atoms with Crippen LogP contribution in [-0.4, -0.2) is 19.5 Å². The van der Waals surface area contributed by atoms with E-state index >= 15 is 0 Å². The second-order valence-corrected chi connectivity index (χ2v) is 4.93. The monoisotopic (exact) mass is 214 g/mol. The fraction of sp³-hybridized carbons (Fsp3) is 0.923. The number of carbonyl (C=O) groups excluding carboxylic acids is 1. The SMILES string of the molecule is CCCCCCCCOCC(C)(C)C=O. The third-order valence-corrected chi connectivity index (χ3v) is 2.44. The van der Waals surface area contributed by atoms with Crippen LogP contribution in [0.15, 0.2) is 0 Å². The highest BCUT2D eigenvalue weighted by atomic mass is 16.5. The molecule has 2 heteroatoms. The summed E-state index contributed by atoms with van der Waals surface area (Å²) >= 11 is 0. The van der Waals surface area contributed by atoms with Crippen molar-refractivity contribution >= 4 is 6.29 Å². The third-order valence-electron chi connectivity index (χ3n) is 2.44. The Kier molecular flexibility index (Phi) is 8.68. The molecule has 0 aromatic carbocycles. The third kappa shape index (κ3) is 9.92. The maximum atomic E-state index is 10.6. The first-order chi connectivity index (χ1) is 7.12. The number of rotatable bonds is 10. The van der Waals surface area contributed by atoms with Gasteiger partial charge >= 0.3 is 0 Å². The molecule has 0 amide bonds. The maximum absolute atomic E-state index is 10.6. The molecule has 15 heavy (non-hydrogen) atoms. The summed E-state index contributed by atoms with van der Waals surface area (Å²) in [6.45, 7) is 7.38. The summed E-state index contributed by atoms with van der Waals surface area (Å²) in [6.07, 6.45) is 8.64. The lowest BCUT2D eigenvalue weighted by molar-refractivity contribution is -0.117. The van der Waals surface area contributed by atoms with Gasteiger partial charge in [-0.25, -0.2) is 0 Å². The molecule has 0 rings (SSSR count). The highest BCUT2D eigenvalue weighted by Crippen LogP contribution is 2.11. The van der Waals surface area contributed by atoms with Gasteiger partial charge < -0.3 is 9.53 Å². The minimum absolute atomic E-state index is 0.317. The molecule has 0 saturated carbocycles. The first-order valence-electron chi connectivity index (χ1n) is 6.16. The van der Waals surface area contributed by atoms with Crippen LogP contribution in [0.25, 0.3) is 0 Å². The van der Waals surface area contributed by atoms with Gasteiger partial charge in [-0.3, -0.25) is 0 Å². The molecular weight excluding hydrogens is 188 g/mol. The van der Waals surface area contributed by atoms with E-state index in [2.05, 4.69) is 6.92 Å². The predicted molar refractivity (Wildman–Crippen MR) is 64.0 cm³/mol. The number of ether oxygens (including phenoxy) is 1. The van der Waals surface area contributed by atoms with Gasteiger partial charge in [0, 0.05) is 12.0 Å². The minimum atomic E-state index is -0.317. The van der Waals surface area contributed by atoms with Crippen molar-refractivity contribution in [2.24, 2.45) is 5.41 Å².